The van der Waals surface area contributed by atoms with E-state index in [1.165, 1.54) is 0 Å². The smallest absolute Gasteiger partial charge is 0.235 e. The molecule has 1 aromatic rings. The van der Waals surface area contributed by atoms with E-state index in [0.29, 0.717) is 12.0 Å². The van der Waals surface area contributed by atoms with Gasteiger partial charge in [-0.1, -0.05) is 0 Å². The van der Waals surface area contributed by atoms with E-state index in [1.54, 1.807) is 12.4 Å². The van der Waals surface area contributed by atoms with Gasteiger partial charge in [-0.05, 0) is 39.3 Å². The number of rotatable bonds is 4. The zero-order chi connectivity index (χ0) is 10.7. The Morgan fingerprint density at radius 3 is 2.80 bits per heavy atom. The molecule has 82 valence electrons. The van der Waals surface area contributed by atoms with Crippen molar-refractivity contribution in [3.8, 4) is 5.88 Å². The molecule has 0 aliphatic heterocycles. The first-order valence-electron chi connectivity index (χ1n) is 5.38. The number of ether oxygens (including phenoxy) is 1. The average molecular weight is 207 g/mol. The molecule has 0 radical (unpaired) electrons. The summed E-state index contributed by atoms with van der Waals surface area (Å²) in [4.78, 5) is 8.32. The predicted octanol–water partition coefficient (Wildman–Crippen LogP) is 1.16. The number of aryl methyl sites for hydroxylation is 1. The average Bonchev–Trinajstić information content (AvgIpc) is 2.18. The van der Waals surface area contributed by atoms with Crippen molar-refractivity contribution >= 4 is 0 Å². The highest BCUT2D eigenvalue weighted by molar-refractivity contribution is 5.15. The maximum Gasteiger partial charge on any atom is 0.235 e. The molecule has 4 heteroatoms. The minimum Gasteiger partial charge on any atom is -0.473 e. The van der Waals surface area contributed by atoms with Gasteiger partial charge in [0, 0.05) is 12.4 Å². The first kappa shape index (κ1) is 10.4. The van der Waals surface area contributed by atoms with E-state index in [2.05, 4.69) is 15.3 Å². The second kappa shape index (κ2) is 4.57. The molecule has 0 spiro atoms. The summed E-state index contributed by atoms with van der Waals surface area (Å²) in [6.07, 6.45) is 5.94. The lowest BCUT2D eigenvalue weighted by molar-refractivity contribution is 0.0605. The third kappa shape index (κ3) is 2.45. The Morgan fingerprint density at radius 2 is 2.13 bits per heavy atom. The Hall–Kier alpha value is -1.16. The van der Waals surface area contributed by atoms with Gasteiger partial charge in [0.2, 0.25) is 5.88 Å². The van der Waals surface area contributed by atoms with Crippen LogP contribution >= 0.6 is 0 Å². The van der Waals surface area contributed by atoms with Gasteiger partial charge in [0.25, 0.3) is 0 Å². The summed E-state index contributed by atoms with van der Waals surface area (Å²) in [5.74, 6) is 1.45. The predicted molar refractivity (Wildman–Crippen MR) is 57.8 cm³/mol. The van der Waals surface area contributed by atoms with Crippen molar-refractivity contribution in [3.05, 3.63) is 18.1 Å². The van der Waals surface area contributed by atoms with Crippen molar-refractivity contribution in [1.29, 1.82) is 0 Å². The fourth-order valence-electron chi connectivity index (χ4n) is 1.89. The Balaban J connectivity index is 1.82. The molecule has 0 unspecified atom stereocenters. The number of hydrogen-bond acceptors (Lipinski definition) is 4. The Labute approximate surface area is 90.1 Å². The summed E-state index contributed by atoms with van der Waals surface area (Å²) in [7, 11) is 1.99. The second-order valence-electron chi connectivity index (χ2n) is 4.08. The molecule has 1 heterocycles. The van der Waals surface area contributed by atoms with E-state index in [0.717, 1.165) is 31.0 Å². The van der Waals surface area contributed by atoms with Crippen LogP contribution in [-0.4, -0.2) is 29.7 Å². The van der Waals surface area contributed by atoms with Crippen molar-refractivity contribution in [3.63, 3.8) is 0 Å². The van der Waals surface area contributed by atoms with Crippen molar-refractivity contribution in [2.24, 2.45) is 5.92 Å². The van der Waals surface area contributed by atoms with Gasteiger partial charge >= 0.3 is 0 Å². The van der Waals surface area contributed by atoms with Crippen LogP contribution in [0.1, 0.15) is 18.5 Å². The van der Waals surface area contributed by atoms with Gasteiger partial charge in [0.15, 0.2) is 0 Å². The third-order valence-corrected chi connectivity index (χ3v) is 2.80. The molecule has 1 N–H and O–H groups in total. The van der Waals surface area contributed by atoms with E-state index < -0.39 is 0 Å². The molecular weight excluding hydrogens is 190 g/mol. The summed E-state index contributed by atoms with van der Waals surface area (Å²) >= 11 is 0. The van der Waals surface area contributed by atoms with Gasteiger partial charge in [-0.3, -0.25) is 4.98 Å². The molecule has 1 aliphatic carbocycles. The minimum atomic E-state index is 0.332. The molecule has 1 aromatic heterocycles. The lowest BCUT2D eigenvalue weighted by atomic mass is 9.82. The van der Waals surface area contributed by atoms with Crippen LogP contribution < -0.4 is 10.1 Å². The molecule has 1 fully saturated rings. The second-order valence-corrected chi connectivity index (χ2v) is 4.08. The summed E-state index contributed by atoms with van der Waals surface area (Å²) in [5, 5.41) is 3.18. The van der Waals surface area contributed by atoms with E-state index in [1.807, 2.05) is 14.0 Å². The van der Waals surface area contributed by atoms with Gasteiger partial charge in [-0.25, -0.2) is 4.98 Å². The lowest BCUT2D eigenvalue weighted by Crippen LogP contribution is -2.38. The van der Waals surface area contributed by atoms with Crippen LogP contribution in [0.5, 0.6) is 5.88 Å². The molecule has 0 aromatic carbocycles. The van der Waals surface area contributed by atoms with Crippen LogP contribution in [0.2, 0.25) is 0 Å². The molecule has 0 atom stereocenters. The topological polar surface area (TPSA) is 47.0 Å². The van der Waals surface area contributed by atoms with Crippen LogP contribution in [0.3, 0.4) is 0 Å². The summed E-state index contributed by atoms with van der Waals surface area (Å²) in [6, 6.07) is 0. The van der Waals surface area contributed by atoms with Gasteiger partial charge in [0.05, 0.1) is 5.69 Å². The van der Waals surface area contributed by atoms with Crippen LogP contribution in [-0.2, 0) is 0 Å². The molecule has 0 saturated heterocycles. The fraction of sp³-hybridized carbons (Fsp3) is 0.636. The SMILES string of the molecule is CNCC1CC(Oc2nccnc2C)C1. The zero-order valence-electron chi connectivity index (χ0n) is 9.23. The Kier molecular flexibility index (Phi) is 3.16. The molecule has 1 aliphatic rings. The van der Waals surface area contributed by atoms with Crippen molar-refractivity contribution < 1.29 is 4.74 Å². The summed E-state index contributed by atoms with van der Waals surface area (Å²) < 4.78 is 5.76. The Bertz CT molecular complexity index is 323. The summed E-state index contributed by atoms with van der Waals surface area (Å²) in [6.45, 7) is 3.01. The number of nitrogens with one attached hydrogen (secondary N) is 1. The van der Waals surface area contributed by atoms with Gasteiger partial charge in [0.1, 0.15) is 6.10 Å². The van der Waals surface area contributed by atoms with Gasteiger partial charge in [-0.2, -0.15) is 0 Å². The van der Waals surface area contributed by atoms with E-state index in [4.69, 9.17) is 4.74 Å². The first-order chi connectivity index (χ1) is 7.29. The largest absolute Gasteiger partial charge is 0.473 e. The third-order valence-electron chi connectivity index (χ3n) is 2.80. The lowest BCUT2D eigenvalue weighted by Gasteiger charge is -2.34. The highest BCUT2D eigenvalue weighted by Crippen LogP contribution is 2.30. The van der Waals surface area contributed by atoms with Crippen molar-refractivity contribution in [1.82, 2.24) is 15.3 Å². The quantitative estimate of drug-likeness (QED) is 0.805. The number of hydrogen-bond donors (Lipinski definition) is 1. The monoisotopic (exact) mass is 207 g/mol. The Morgan fingerprint density at radius 1 is 1.40 bits per heavy atom. The van der Waals surface area contributed by atoms with E-state index >= 15 is 0 Å². The highest BCUT2D eigenvalue weighted by atomic mass is 16.5. The molecule has 1 saturated carbocycles. The van der Waals surface area contributed by atoms with Crippen LogP contribution in [0, 0.1) is 12.8 Å². The van der Waals surface area contributed by atoms with Crippen molar-refractivity contribution in [2.45, 2.75) is 25.9 Å². The molecule has 4 nitrogen and oxygen atoms in total. The van der Waals surface area contributed by atoms with Gasteiger partial charge in [-0.15, -0.1) is 0 Å². The van der Waals surface area contributed by atoms with E-state index in [9.17, 15) is 0 Å². The van der Waals surface area contributed by atoms with Crippen molar-refractivity contribution in [2.75, 3.05) is 13.6 Å². The van der Waals surface area contributed by atoms with Gasteiger partial charge < -0.3 is 10.1 Å². The van der Waals surface area contributed by atoms with Crippen LogP contribution in [0.15, 0.2) is 12.4 Å². The standard InChI is InChI=1S/C11H17N3O/c1-8-11(14-4-3-13-8)15-10-5-9(6-10)7-12-2/h3-4,9-10,12H,5-7H2,1-2H3. The molecule has 0 bridgehead atoms. The van der Waals surface area contributed by atoms with Crippen LogP contribution in [0.25, 0.3) is 0 Å². The molecule has 2 rings (SSSR count). The number of aromatic nitrogens is 2. The first-order valence-corrected chi connectivity index (χ1v) is 5.38. The molecule has 0 amide bonds. The molecular formula is C11H17N3O. The zero-order valence-corrected chi connectivity index (χ0v) is 9.23. The van der Waals surface area contributed by atoms with E-state index in [-0.39, 0.29) is 0 Å². The van der Waals surface area contributed by atoms with Crippen LogP contribution in [0.4, 0.5) is 0 Å². The maximum atomic E-state index is 5.76. The number of nitrogens with zero attached hydrogens (tertiary/aromatic N) is 2. The maximum absolute atomic E-state index is 5.76. The minimum absolute atomic E-state index is 0.332. The molecule has 15 heavy (non-hydrogen) atoms. The normalized spacial score (nSPS) is 24.7. The highest BCUT2D eigenvalue weighted by Gasteiger charge is 2.30. The summed E-state index contributed by atoms with van der Waals surface area (Å²) in [5.41, 5.74) is 0.870. The fourth-order valence-corrected chi connectivity index (χ4v) is 1.89.